The zero-order valence-corrected chi connectivity index (χ0v) is 13.0. The molecule has 9 heteroatoms. The Morgan fingerprint density at radius 2 is 2.14 bits per heavy atom. The van der Waals surface area contributed by atoms with E-state index >= 15 is 0 Å². The van der Waals surface area contributed by atoms with Crippen molar-refractivity contribution < 1.29 is 8.42 Å². The van der Waals surface area contributed by atoms with Crippen molar-refractivity contribution in [1.29, 1.82) is 0 Å². The molecule has 2 aromatic heterocycles. The maximum Gasteiger partial charge on any atom is 0.266 e. The van der Waals surface area contributed by atoms with Crippen LogP contribution in [0.5, 0.6) is 0 Å². The van der Waals surface area contributed by atoms with Gasteiger partial charge in [-0.3, -0.25) is 9.48 Å². The van der Waals surface area contributed by atoms with Crippen molar-refractivity contribution in [3.63, 3.8) is 0 Å². The van der Waals surface area contributed by atoms with Crippen molar-refractivity contribution in [2.75, 3.05) is 6.54 Å². The fraction of sp³-hybridized carbons (Fsp3) is 0.462. The van der Waals surface area contributed by atoms with Gasteiger partial charge in [0, 0.05) is 31.8 Å². The number of nitrogens with one attached hydrogen (secondary N) is 1. The highest BCUT2D eigenvalue weighted by molar-refractivity contribution is 7.89. The van der Waals surface area contributed by atoms with E-state index in [0.717, 1.165) is 18.5 Å². The van der Waals surface area contributed by atoms with Gasteiger partial charge in [-0.2, -0.15) is 10.2 Å². The predicted octanol–water partition coefficient (Wildman–Crippen LogP) is -0.167. The molecule has 0 aromatic carbocycles. The number of rotatable bonds is 6. The minimum absolute atomic E-state index is 0.0955. The van der Waals surface area contributed by atoms with Crippen molar-refractivity contribution in [3.8, 4) is 0 Å². The van der Waals surface area contributed by atoms with Gasteiger partial charge in [0.15, 0.2) is 0 Å². The summed E-state index contributed by atoms with van der Waals surface area (Å²) < 4.78 is 29.2. The van der Waals surface area contributed by atoms with Gasteiger partial charge in [-0.25, -0.2) is 17.8 Å². The first kappa shape index (κ1) is 14.9. The van der Waals surface area contributed by atoms with Gasteiger partial charge in [-0.05, 0) is 18.9 Å². The Labute approximate surface area is 127 Å². The molecule has 1 saturated carbocycles. The summed E-state index contributed by atoms with van der Waals surface area (Å²) in [6.45, 7) is 0.289. The first-order chi connectivity index (χ1) is 10.5. The normalized spacial score (nSPS) is 15.1. The molecule has 0 radical (unpaired) electrons. The molecule has 1 aliphatic carbocycles. The van der Waals surface area contributed by atoms with Crippen LogP contribution in [-0.2, 0) is 23.6 Å². The second kappa shape index (κ2) is 5.65. The summed E-state index contributed by atoms with van der Waals surface area (Å²) in [7, 11) is -1.97. The summed E-state index contributed by atoms with van der Waals surface area (Å²) in [5.74, 6) is 0.443. The highest BCUT2D eigenvalue weighted by Gasteiger charge is 2.25. The van der Waals surface area contributed by atoms with Gasteiger partial charge in [0.2, 0.25) is 10.0 Å². The van der Waals surface area contributed by atoms with Crippen molar-refractivity contribution in [2.24, 2.45) is 7.05 Å². The highest BCUT2D eigenvalue weighted by atomic mass is 32.2. The van der Waals surface area contributed by atoms with Crippen LogP contribution in [0.25, 0.3) is 0 Å². The molecule has 3 rings (SSSR count). The molecule has 0 spiro atoms. The molecular weight excluding hydrogens is 306 g/mol. The summed E-state index contributed by atoms with van der Waals surface area (Å²) >= 11 is 0. The van der Waals surface area contributed by atoms with Gasteiger partial charge in [-0.15, -0.1) is 0 Å². The van der Waals surface area contributed by atoms with Gasteiger partial charge >= 0.3 is 0 Å². The Morgan fingerprint density at radius 1 is 1.36 bits per heavy atom. The smallest absolute Gasteiger partial charge is 0.266 e. The quantitative estimate of drug-likeness (QED) is 0.796. The van der Waals surface area contributed by atoms with Gasteiger partial charge in [0.05, 0.1) is 18.4 Å². The fourth-order valence-corrected chi connectivity index (χ4v) is 3.13. The minimum Gasteiger partial charge on any atom is -0.274 e. The monoisotopic (exact) mass is 323 g/mol. The lowest BCUT2D eigenvalue weighted by Gasteiger charge is -2.07. The van der Waals surface area contributed by atoms with Crippen molar-refractivity contribution >= 4 is 10.0 Å². The number of aryl methyl sites for hydroxylation is 1. The third kappa shape index (κ3) is 3.25. The van der Waals surface area contributed by atoms with E-state index in [1.54, 1.807) is 13.1 Å². The van der Waals surface area contributed by atoms with Crippen molar-refractivity contribution in [2.45, 2.75) is 30.2 Å². The maximum absolute atomic E-state index is 12.0. The molecule has 118 valence electrons. The van der Waals surface area contributed by atoms with Crippen molar-refractivity contribution in [3.05, 3.63) is 40.6 Å². The van der Waals surface area contributed by atoms with Crippen LogP contribution in [0, 0.1) is 0 Å². The predicted molar refractivity (Wildman–Crippen MR) is 78.9 cm³/mol. The lowest BCUT2D eigenvalue weighted by Crippen LogP contribution is -2.32. The molecule has 0 atom stereocenters. The van der Waals surface area contributed by atoms with E-state index < -0.39 is 10.0 Å². The standard InChI is InChI=1S/C13H17N5O3S/c1-17-9-11(8-14-17)22(20,21)15-6-7-18-13(19)5-4-12(16-18)10-2-3-10/h4-5,8-10,15H,2-3,6-7H2,1H3. The van der Waals surface area contributed by atoms with Crippen LogP contribution in [0.15, 0.2) is 34.2 Å². The van der Waals surface area contributed by atoms with E-state index in [4.69, 9.17) is 0 Å². The lowest BCUT2D eigenvalue weighted by atomic mass is 10.3. The average Bonchev–Trinajstić information content (AvgIpc) is 3.22. The number of nitrogens with zero attached hydrogens (tertiary/aromatic N) is 4. The molecule has 0 saturated heterocycles. The largest absolute Gasteiger partial charge is 0.274 e. The molecule has 0 amide bonds. The van der Waals surface area contributed by atoms with Crippen LogP contribution in [0.3, 0.4) is 0 Å². The van der Waals surface area contributed by atoms with Gasteiger partial charge < -0.3 is 0 Å². The molecule has 0 aliphatic heterocycles. The van der Waals surface area contributed by atoms with Crippen LogP contribution in [0.1, 0.15) is 24.5 Å². The molecule has 1 aliphatic rings. The third-order valence-corrected chi connectivity index (χ3v) is 4.91. The van der Waals surface area contributed by atoms with Crippen LogP contribution in [0.4, 0.5) is 0 Å². The van der Waals surface area contributed by atoms with E-state index in [-0.39, 0.29) is 23.5 Å². The molecule has 0 bridgehead atoms. The van der Waals surface area contributed by atoms with Gasteiger partial charge in [0.25, 0.3) is 5.56 Å². The molecule has 2 heterocycles. The second-order valence-corrected chi connectivity index (χ2v) is 7.11. The summed E-state index contributed by atoms with van der Waals surface area (Å²) in [5.41, 5.74) is 0.666. The summed E-state index contributed by atoms with van der Waals surface area (Å²) in [4.78, 5) is 11.9. The first-order valence-electron chi connectivity index (χ1n) is 7.02. The molecule has 1 N–H and O–H groups in total. The van der Waals surface area contributed by atoms with E-state index in [9.17, 15) is 13.2 Å². The summed E-state index contributed by atoms with van der Waals surface area (Å²) in [6.07, 6.45) is 4.89. The molecule has 1 fully saturated rings. The topological polar surface area (TPSA) is 98.9 Å². The minimum atomic E-state index is -3.61. The third-order valence-electron chi connectivity index (χ3n) is 3.49. The Hall–Kier alpha value is -2.00. The van der Waals surface area contributed by atoms with E-state index in [1.165, 1.54) is 27.8 Å². The molecule has 2 aromatic rings. The Balaban J connectivity index is 1.65. The molecule has 0 unspecified atom stereocenters. The Bertz CT molecular complexity index is 835. The zero-order valence-electron chi connectivity index (χ0n) is 12.1. The fourth-order valence-electron chi connectivity index (χ4n) is 2.13. The number of sulfonamides is 1. The van der Waals surface area contributed by atoms with E-state index in [1.807, 2.05) is 0 Å². The molecule has 8 nitrogen and oxygen atoms in total. The van der Waals surface area contributed by atoms with Crippen molar-refractivity contribution in [1.82, 2.24) is 24.3 Å². The SMILES string of the molecule is Cn1cc(S(=O)(=O)NCCn2nc(C3CC3)ccc2=O)cn1. The second-order valence-electron chi connectivity index (χ2n) is 5.34. The molecule has 22 heavy (non-hydrogen) atoms. The number of aromatic nitrogens is 4. The number of hydrogen-bond acceptors (Lipinski definition) is 5. The summed E-state index contributed by atoms with van der Waals surface area (Å²) in [5, 5.41) is 8.11. The van der Waals surface area contributed by atoms with E-state index in [2.05, 4.69) is 14.9 Å². The van der Waals surface area contributed by atoms with Crippen LogP contribution < -0.4 is 10.3 Å². The van der Waals surface area contributed by atoms with Gasteiger partial charge in [0.1, 0.15) is 4.90 Å². The Morgan fingerprint density at radius 3 is 2.77 bits per heavy atom. The summed E-state index contributed by atoms with van der Waals surface area (Å²) in [6, 6.07) is 3.23. The maximum atomic E-state index is 12.0. The van der Waals surface area contributed by atoms with Crippen LogP contribution >= 0.6 is 0 Å². The van der Waals surface area contributed by atoms with Crippen LogP contribution in [0.2, 0.25) is 0 Å². The highest BCUT2D eigenvalue weighted by Crippen LogP contribution is 2.38. The molecular formula is C13H17N5O3S. The lowest BCUT2D eigenvalue weighted by molar-refractivity contribution is 0.540. The average molecular weight is 323 g/mol. The van der Waals surface area contributed by atoms with Crippen LogP contribution in [-0.4, -0.2) is 34.5 Å². The first-order valence-corrected chi connectivity index (χ1v) is 8.50. The van der Waals surface area contributed by atoms with E-state index in [0.29, 0.717) is 5.92 Å². The zero-order chi connectivity index (χ0) is 15.7. The Kier molecular flexibility index (Phi) is 3.83. The number of hydrogen-bond donors (Lipinski definition) is 1. The van der Waals surface area contributed by atoms with Gasteiger partial charge in [-0.1, -0.05) is 0 Å².